The number of guanidine groups is 1. The van der Waals surface area contributed by atoms with Gasteiger partial charge in [-0.1, -0.05) is 12.1 Å². The Hall–Kier alpha value is -1.06. The fourth-order valence-electron chi connectivity index (χ4n) is 3.80. The van der Waals surface area contributed by atoms with Crippen LogP contribution in [0.1, 0.15) is 37.3 Å². The quantitative estimate of drug-likeness (QED) is 0.236. The Morgan fingerprint density at radius 2 is 2.10 bits per heavy atom. The van der Waals surface area contributed by atoms with Crippen LogP contribution < -0.4 is 10.1 Å². The van der Waals surface area contributed by atoms with Crippen molar-refractivity contribution >= 4 is 29.9 Å². The van der Waals surface area contributed by atoms with E-state index >= 15 is 0 Å². The number of nitrogens with one attached hydrogen (secondary N) is 1. The summed E-state index contributed by atoms with van der Waals surface area (Å²) in [5, 5.41) is 3.45. The first-order valence-electron chi connectivity index (χ1n) is 10.7. The molecule has 0 saturated carbocycles. The topological polar surface area (TPSA) is 55.3 Å². The van der Waals surface area contributed by atoms with E-state index in [0.29, 0.717) is 6.10 Å². The minimum Gasteiger partial charge on any atom is -0.493 e. The van der Waals surface area contributed by atoms with E-state index in [0.717, 1.165) is 89.8 Å². The third kappa shape index (κ3) is 7.61. The van der Waals surface area contributed by atoms with E-state index in [1.165, 1.54) is 11.1 Å². The Kier molecular flexibility index (Phi) is 11.1. The molecule has 2 heterocycles. The zero-order valence-electron chi connectivity index (χ0n) is 17.8. The minimum atomic E-state index is 0. The lowest BCUT2D eigenvalue weighted by Gasteiger charge is -2.34. The summed E-state index contributed by atoms with van der Waals surface area (Å²) < 4.78 is 16.6. The van der Waals surface area contributed by atoms with Crippen LogP contribution in [0.4, 0.5) is 0 Å². The van der Waals surface area contributed by atoms with E-state index in [2.05, 4.69) is 35.3 Å². The summed E-state index contributed by atoms with van der Waals surface area (Å²) in [4.78, 5) is 7.25. The lowest BCUT2D eigenvalue weighted by molar-refractivity contribution is 0.00991. The monoisotopic (exact) mass is 517 g/mol. The summed E-state index contributed by atoms with van der Waals surface area (Å²) in [5.74, 6) is 2.08. The number of nitrogens with zero attached hydrogens (tertiary/aromatic N) is 2. The number of aliphatic imine (C=N–C) groups is 1. The first kappa shape index (κ1) is 24.2. The van der Waals surface area contributed by atoms with Gasteiger partial charge in [-0.3, -0.25) is 4.99 Å². The normalized spacial score (nSPS) is 16.9. The Labute approximate surface area is 192 Å². The molecule has 2 aliphatic heterocycles. The maximum Gasteiger partial charge on any atom is 0.193 e. The maximum atomic E-state index is 5.97. The van der Waals surface area contributed by atoms with Gasteiger partial charge in [0, 0.05) is 52.9 Å². The molecular weight excluding hydrogens is 481 g/mol. The van der Waals surface area contributed by atoms with Gasteiger partial charge in [0.1, 0.15) is 5.75 Å². The van der Waals surface area contributed by atoms with Gasteiger partial charge in [-0.05, 0) is 49.8 Å². The van der Waals surface area contributed by atoms with E-state index in [-0.39, 0.29) is 24.0 Å². The number of methoxy groups -OCH3 is 1. The molecule has 1 aromatic rings. The van der Waals surface area contributed by atoms with Gasteiger partial charge in [0.15, 0.2) is 5.96 Å². The van der Waals surface area contributed by atoms with Crippen molar-refractivity contribution in [1.29, 1.82) is 0 Å². The van der Waals surface area contributed by atoms with Crippen molar-refractivity contribution in [2.24, 2.45) is 4.99 Å². The summed E-state index contributed by atoms with van der Waals surface area (Å²) >= 11 is 0. The summed E-state index contributed by atoms with van der Waals surface area (Å²) in [6.45, 7) is 8.19. The minimum absolute atomic E-state index is 0. The van der Waals surface area contributed by atoms with Crippen molar-refractivity contribution in [1.82, 2.24) is 10.2 Å². The fourth-order valence-corrected chi connectivity index (χ4v) is 3.80. The van der Waals surface area contributed by atoms with Gasteiger partial charge in [-0.2, -0.15) is 0 Å². The molecule has 0 aliphatic carbocycles. The average molecular weight is 517 g/mol. The smallest absolute Gasteiger partial charge is 0.193 e. The van der Waals surface area contributed by atoms with Gasteiger partial charge in [-0.15, -0.1) is 24.0 Å². The first-order valence-corrected chi connectivity index (χ1v) is 10.7. The van der Waals surface area contributed by atoms with Crippen LogP contribution in [0.3, 0.4) is 0 Å². The molecule has 1 N–H and O–H groups in total. The molecular formula is C22H36IN3O3. The van der Waals surface area contributed by atoms with Gasteiger partial charge >= 0.3 is 0 Å². The lowest BCUT2D eigenvalue weighted by Crippen LogP contribution is -2.47. The zero-order valence-corrected chi connectivity index (χ0v) is 20.2. The number of fused-ring (bicyclic) bond motifs is 1. The first-order chi connectivity index (χ1) is 13.8. The fraction of sp³-hybridized carbons (Fsp3) is 0.682. The summed E-state index contributed by atoms with van der Waals surface area (Å²) in [6, 6.07) is 6.54. The van der Waals surface area contributed by atoms with E-state index in [1.54, 1.807) is 7.11 Å². The predicted octanol–water partition coefficient (Wildman–Crippen LogP) is 3.27. The van der Waals surface area contributed by atoms with E-state index < -0.39 is 0 Å². The number of rotatable bonds is 9. The third-order valence-electron chi connectivity index (χ3n) is 5.34. The summed E-state index contributed by atoms with van der Waals surface area (Å²) in [7, 11) is 1.73. The molecule has 3 rings (SSSR count). The molecule has 29 heavy (non-hydrogen) atoms. The molecule has 1 saturated heterocycles. The van der Waals surface area contributed by atoms with Crippen LogP contribution in [0, 0.1) is 0 Å². The molecule has 1 fully saturated rings. The highest BCUT2D eigenvalue weighted by atomic mass is 127. The number of benzene rings is 1. The van der Waals surface area contributed by atoms with Gasteiger partial charge in [0.05, 0.1) is 12.7 Å². The van der Waals surface area contributed by atoms with Gasteiger partial charge in [0.25, 0.3) is 0 Å². The molecule has 0 spiro atoms. The van der Waals surface area contributed by atoms with Crippen molar-refractivity contribution in [2.75, 3.05) is 53.1 Å². The maximum absolute atomic E-state index is 5.97. The van der Waals surface area contributed by atoms with Crippen LogP contribution in [-0.4, -0.2) is 70.1 Å². The molecule has 7 heteroatoms. The number of halogens is 1. The Morgan fingerprint density at radius 1 is 1.28 bits per heavy atom. The van der Waals surface area contributed by atoms with Crippen molar-refractivity contribution in [3.05, 3.63) is 29.3 Å². The van der Waals surface area contributed by atoms with Crippen LogP contribution in [0.5, 0.6) is 5.75 Å². The van der Waals surface area contributed by atoms with Gasteiger partial charge < -0.3 is 24.4 Å². The van der Waals surface area contributed by atoms with Gasteiger partial charge in [0.2, 0.25) is 0 Å². The zero-order chi connectivity index (χ0) is 19.6. The molecule has 0 unspecified atom stereocenters. The Bertz CT molecular complexity index is 634. The number of ether oxygens (including phenoxy) is 3. The van der Waals surface area contributed by atoms with Crippen LogP contribution in [0.15, 0.2) is 23.2 Å². The van der Waals surface area contributed by atoms with Crippen LogP contribution in [0.2, 0.25) is 0 Å². The second-order valence-electron chi connectivity index (χ2n) is 7.43. The molecule has 6 nitrogen and oxygen atoms in total. The molecule has 2 aliphatic rings. The highest BCUT2D eigenvalue weighted by Gasteiger charge is 2.21. The molecule has 0 bridgehead atoms. The van der Waals surface area contributed by atoms with Crippen LogP contribution >= 0.6 is 24.0 Å². The molecule has 0 atom stereocenters. The summed E-state index contributed by atoms with van der Waals surface area (Å²) in [6.07, 6.45) is 5.43. The number of piperidine rings is 1. The Morgan fingerprint density at radius 3 is 2.86 bits per heavy atom. The highest BCUT2D eigenvalue weighted by Crippen LogP contribution is 2.26. The molecule has 1 aromatic carbocycles. The van der Waals surface area contributed by atoms with Crippen molar-refractivity contribution in [3.8, 4) is 5.75 Å². The predicted molar refractivity (Wildman–Crippen MR) is 128 cm³/mol. The lowest BCUT2D eigenvalue weighted by atomic mass is 10.1. The number of hydrogen-bond donors (Lipinski definition) is 1. The Balaban J connectivity index is 0.00000300. The van der Waals surface area contributed by atoms with E-state index in [4.69, 9.17) is 19.2 Å². The number of likely N-dealkylation sites (tertiary alicyclic amines) is 1. The van der Waals surface area contributed by atoms with E-state index in [9.17, 15) is 0 Å². The second-order valence-corrected chi connectivity index (χ2v) is 7.43. The average Bonchev–Trinajstić information content (AvgIpc) is 3.19. The standard InChI is InChI=1S/C22H35N3O3.HI/c1-3-23-22(25-12-8-20(9-13-25)27-15-4-14-26-2)24-11-7-18-5-6-21-19(17-18)10-16-28-21;/h5-6,17,20H,3-4,7-16H2,1-2H3,(H,23,24);1H. The van der Waals surface area contributed by atoms with Gasteiger partial charge in [-0.25, -0.2) is 0 Å². The summed E-state index contributed by atoms with van der Waals surface area (Å²) in [5.41, 5.74) is 2.67. The van der Waals surface area contributed by atoms with Crippen molar-refractivity contribution < 1.29 is 14.2 Å². The van der Waals surface area contributed by atoms with Crippen LogP contribution in [-0.2, 0) is 22.3 Å². The largest absolute Gasteiger partial charge is 0.493 e. The number of hydrogen-bond acceptors (Lipinski definition) is 4. The molecule has 0 aromatic heterocycles. The third-order valence-corrected chi connectivity index (χ3v) is 5.34. The van der Waals surface area contributed by atoms with E-state index in [1.807, 2.05) is 0 Å². The molecule has 164 valence electrons. The van der Waals surface area contributed by atoms with Crippen molar-refractivity contribution in [3.63, 3.8) is 0 Å². The molecule has 0 radical (unpaired) electrons. The SMILES string of the molecule is CCNC(=NCCc1ccc2c(c1)CCO2)N1CCC(OCCCOC)CC1.I. The highest BCUT2D eigenvalue weighted by molar-refractivity contribution is 14.0. The van der Waals surface area contributed by atoms with Crippen molar-refractivity contribution in [2.45, 2.75) is 45.1 Å². The van der Waals surface area contributed by atoms with Crippen LogP contribution in [0.25, 0.3) is 0 Å². The second kappa shape index (κ2) is 13.3. The molecule has 0 amide bonds.